The van der Waals surface area contributed by atoms with Crippen LogP contribution in [0.3, 0.4) is 0 Å². The minimum absolute atomic E-state index is 0.563. The summed E-state index contributed by atoms with van der Waals surface area (Å²) in [6.45, 7) is 8.64. The number of nitrogens with zero attached hydrogens (tertiary/aromatic N) is 4. The highest BCUT2D eigenvalue weighted by Crippen LogP contribution is 2.28. The summed E-state index contributed by atoms with van der Waals surface area (Å²) in [5, 5.41) is 4.53. The molecule has 2 saturated heterocycles. The van der Waals surface area contributed by atoms with Crippen LogP contribution in [0, 0.1) is 6.92 Å². The molecule has 0 saturated carbocycles. The van der Waals surface area contributed by atoms with Crippen LogP contribution in [-0.4, -0.2) is 60.1 Å². The molecular weight excluding hydrogens is 254 g/mol. The number of morpholine rings is 1. The Morgan fingerprint density at radius 3 is 2.75 bits per heavy atom. The number of hydrogen-bond acceptors (Lipinski definition) is 5. The molecule has 1 atom stereocenters. The number of ether oxygens (including phenoxy) is 1. The number of aromatic nitrogens is 2. The largest absolute Gasteiger partial charge is 0.379 e. The Hall–Kier alpha value is -1.11. The van der Waals surface area contributed by atoms with Crippen LogP contribution in [0.2, 0.25) is 0 Å². The molecule has 6 nitrogen and oxygen atoms in total. The smallest absolute Gasteiger partial charge is 0.131 e. The van der Waals surface area contributed by atoms with Crippen LogP contribution in [0.5, 0.6) is 0 Å². The van der Waals surface area contributed by atoms with E-state index in [0.717, 1.165) is 45.1 Å². The number of anilines is 1. The van der Waals surface area contributed by atoms with Gasteiger partial charge in [-0.15, -0.1) is 0 Å². The highest BCUT2D eigenvalue weighted by molar-refractivity contribution is 5.51. The van der Waals surface area contributed by atoms with E-state index in [9.17, 15) is 0 Å². The van der Waals surface area contributed by atoms with Gasteiger partial charge < -0.3 is 15.4 Å². The van der Waals surface area contributed by atoms with Crippen molar-refractivity contribution in [2.45, 2.75) is 25.9 Å². The second-order valence-electron chi connectivity index (χ2n) is 5.75. The van der Waals surface area contributed by atoms with Crippen LogP contribution in [0.1, 0.15) is 17.7 Å². The Labute approximate surface area is 120 Å². The molecule has 1 aromatic heterocycles. The van der Waals surface area contributed by atoms with Crippen molar-refractivity contribution >= 4 is 5.82 Å². The van der Waals surface area contributed by atoms with Gasteiger partial charge in [0.1, 0.15) is 5.82 Å². The first-order valence-electron chi connectivity index (χ1n) is 7.50. The molecule has 0 radical (unpaired) electrons. The minimum Gasteiger partial charge on any atom is -0.379 e. The second-order valence-corrected chi connectivity index (χ2v) is 5.75. The third-order valence-corrected chi connectivity index (χ3v) is 4.54. The maximum absolute atomic E-state index is 5.90. The fraction of sp³-hybridized carbons (Fsp3) is 0.786. The Morgan fingerprint density at radius 2 is 2.05 bits per heavy atom. The van der Waals surface area contributed by atoms with E-state index in [1.54, 1.807) is 0 Å². The molecule has 3 rings (SSSR count). The van der Waals surface area contributed by atoms with E-state index < -0.39 is 0 Å². The van der Waals surface area contributed by atoms with Crippen LogP contribution in [0.4, 0.5) is 5.82 Å². The zero-order valence-corrected chi connectivity index (χ0v) is 12.5. The van der Waals surface area contributed by atoms with Crippen molar-refractivity contribution in [3.63, 3.8) is 0 Å². The highest BCUT2D eigenvalue weighted by atomic mass is 16.5. The summed E-state index contributed by atoms with van der Waals surface area (Å²) in [7, 11) is 2.02. The van der Waals surface area contributed by atoms with Gasteiger partial charge in [0.25, 0.3) is 0 Å². The summed E-state index contributed by atoms with van der Waals surface area (Å²) in [5.41, 5.74) is 8.15. The molecule has 2 fully saturated rings. The molecule has 0 aliphatic carbocycles. The summed E-state index contributed by atoms with van der Waals surface area (Å²) in [6, 6.07) is 0.639. The molecule has 0 spiro atoms. The van der Waals surface area contributed by atoms with Crippen molar-refractivity contribution in [3.8, 4) is 0 Å². The van der Waals surface area contributed by atoms with Gasteiger partial charge in [0.05, 0.1) is 18.9 Å². The summed E-state index contributed by atoms with van der Waals surface area (Å²) in [6.07, 6.45) is 1.22. The van der Waals surface area contributed by atoms with Gasteiger partial charge in [-0.1, -0.05) is 0 Å². The summed E-state index contributed by atoms with van der Waals surface area (Å²) >= 11 is 0. The summed E-state index contributed by atoms with van der Waals surface area (Å²) in [5.74, 6) is 1.21. The predicted molar refractivity (Wildman–Crippen MR) is 78.8 cm³/mol. The first-order chi connectivity index (χ1) is 9.70. The van der Waals surface area contributed by atoms with Crippen LogP contribution in [0.25, 0.3) is 0 Å². The topological polar surface area (TPSA) is 59.5 Å². The van der Waals surface area contributed by atoms with Crippen LogP contribution in [-0.2, 0) is 18.3 Å². The van der Waals surface area contributed by atoms with E-state index in [4.69, 9.17) is 10.5 Å². The number of aryl methyl sites for hydroxylation is 2. The third kappa shape index (κ3) is 2.43. The van der Waals surface area contributed by atoms with Gasteiger partial charge in [0, 0.05) is 51.4 Å². The highest BCUT2D eigenvalue weighted by Gasteiger charge is 2.31. The van der Waals surface area contributed by atoms with E-state index in [1.165, 1.54) is 17.8 Å². The lowest BCUT2D eigenvalue weighted by Crippen LogP contribution is -2.44. The van der Waals surface area contributed by atoms with Crippen molar-refractivity contribution in [1.82, 2.24) is 14.7 Å². The van der Waals surface area contributed by atoms with E-state index in [-0.39, 0.29) is 0 Å². The van der Waals surface area contributed by atoms with Crippen LogP contribution < -0.4 is 10.6 Å². The van der Waals surface area contributed by atoms with Gasteiger partial charge in [-0.2, -0.15) is 5.10 Å². The number of nitrogens with two attached hydrogens (primary N) is 1. The molecule has 20 heavy (non-hydrogen) atoms. The second kappa shape index (κ2) is 5.71. The van der Waals surface area contributed by atoms with Crippen LogP contribution in [0.15, 0.2) is 0 Å². The van der Waals surface area contributed by atoms with Gasteiger partial charge in [0.2, 0.25) is 0 Å². The maximum atomic E-state index is 5.90. The quantitative estimate of drug-likeness (QED) is 0.850. The SMILES string of the molecule is Cc1nn(C)c(N2CCC(N3CCOCC3)C2)c1CN. The van der Waals surface area contributed by atoms with Gasteiger partial charge in [-0.3, -0.25) is 9.58 Å². The van der Waals surface area contributed by atoms with E-state index in [2.05, 4.69) is 14.9 Å². The van der Waals surface area contributed by atoms with Gasteiger partial charge in [0.15, 0.2) is 0 Å². The molecule has 1 aromatic rings. The van der Waals surface area contributed by atoms with Crippen molar-refractivity contribution in [2.24, 2.45) is 12.8 Å². The zero-order chi connectivity index (χ0) is 14.1. The fourth-order valence-corrected chi connectivity index (χ4v) is 3.50. The zero-order valence-electron chi connectivity index (χ0n) is 12.5. The van der Waals surface area contributed by atoms with Crippen molar-refractivity contribution in [3.05, 3.63) is 11.3 Å². The average molecular weight is 279 g/mol. The molecule has 112 valence electrons. The Morgan fingerprint density at radius 1 is 1.30 bits per heavy atom. The predicted octanol–water partition coefficient (Wildman–Crippen LogP) is 0.0981. The molecule has 2 aliphatic rings. The number of rotatable bonds is 3. The molecule has 0 amide bonds. The molecule has 2 aliphatic heterocycles. The monoisotopic (exact) mass is 279 g/mol. The standard InChI is InChI=1S/C14H25N5O/c1-11-13(9-15)14(17(2)16-11)19-4-3-12(10-19)18-5-7-20-8-6-18/h12H,3-10,15H2,1-2H3. The molecule has 6 heteroatoms. The van der Waals surface area contributed by atoms with Crippen molar-refractivity contribution in [1.29, 1.82) is 0 Å². The molecule has 1 unspecified atom stereocenters. The summed E-state index contributed by atoms with van der Waals surface area (Å²) < 4.78 is 7.43. The third-order valence-electron chi connectivity index (χ3n) is 4.54. The lowest BCUT2D eigenvalue weighted by atomic mass is 10.2. The lowest BCUT2D eigenvalue weighted by molar-refractivity contribution is 0.0209. The minimum atomic E-state index is 0.563. The molecule has 0 bridgehead atoms. The summed E-state index contributed by atoms with van der Waals surface area (Å²) in [4.78, 5) is 5.01. The Kier molecular flexibility index (Phi) is 3.96. The molecule has 3 heterocycles. The van der Waals surface area contributed by atoms with Gasteiger partial charge >= 0.3 is 0 Å². The van der Waals surface area contributed by atoms with Crippen LogP contribution >= 0.6 is 0 Å². The van der Waals surface area contributed by atoms with Crippen molar-refractivity contribution in [2.75, 3.05) is 44.3 Å². The van der Waals surface area contributed by atoms with E-state index >= 15 is 0 Å². The molecule has 0 aromatic carbocycles. The lowest BCUT2D eigenvalue weighted by Gasteiger charge is -2.32. The van der Waals surface area contributed by atoms with Gasteiger partial charge in [-0.25, -0.2) is 0 Å². The Balaban J connectivity index is 1.73. The number of hydrogen-bond donors (Lipinski definition) is 1. The first kappa shape index (κ1) is 13.9. The van der Waals surface area contributed by atoms with E-state index in [1.807, 2.05) is 18.7 Å². The Bertz CT molecular complexity index is 466. The maximum Gasteiger partial charge on any atom is 0.131 e. The molecule has 2 N–H and O–H groups in total. The van der Waals surface area contributed by atoms with E-state index in [0.29, 0.717) is 12.6 Å². The normalized spacial score (nSPS) is 24.6. The van der Waals surface area contributed by atoms with Gasteiger partial charge in [-0.05, 0) is 13.3 Å². The fourth-order valence-electron chi connectivity index (χ4n) is 3.50. The average Bonchev–Trinajstić information content (AvgIpc) is 3.03. The molecular formula is C14H25N5O. The van der Waals surface area contributed by atoms with Crippen molar-refractivity contribution < 1.29 is 4.74 Å². The first-order valence-corrected chi connectivity index (χ1v) is 7.50.